The van der Waals surface area contributed by atoms with E-state index in [2.05, 4.69) is 37.2 Å². The van der Waals surface area contributed by atoms with Crippen molar-refractivity contribution in [3.8, 4) is 0 Å². The Hall–Kier alpha value is -2.10. The van der Waals surface area contributed by atoms with Gasteiger partial charge in [0, 0.05) is 30.5 Å². The number of likely N-dealkylation sites (N-methyl/N-ethyl adjacent to an activating group) is 1. The van der Waals surface area contributed by atoms with Crippen molar-refractivity contribution in [1.29, 1.82) is 0 Å². The number of carbonyl (C=O) groups is 1. The molecule has 2 heterocycles. The second-order valence-electron chi connectivity index (χ2n) is 6.74. The fourth-order valence-corrected chi connectivity index (χ4v) is 3.65. The van der Waals surface area contributed by atoms with Crippen molar-refractivity contribution in [2.24, 2.45) is 5.92 Å². The fourth-order valence-electron chi connectivity index (χ4n) is 3.65. The Labute approximate surface area is 144 Å². The summed E-state index contributed by atoms with van der Waals surface area (Å²) in [5, 5.41) is 4.32. The zero-order valence-corrected chi connectivity index (χ0v) is 14.9. The third kappa shape index (κ3) is 3.10. The van der Waals surface area contributed by atoms with Crippen LogP contribution in [0.5, 0.6) is 0 Å². The first kappa shape index (κ1) is 16.7. The molecule has 3 rings (SSSR count). The van der Waals surface area contributed by atoms with E-state index in [-0.39, 0.29) is 11.8 Å². The SMILES string of the molecule is CCCC(CCC)C(=O)Nc1c2c(nc3ccccc13)N(C)CC2. The van der Waals surface area contributed by atoms with Crippen molar-refractivity contribution in [3.63, 3.8) is 0 Å². The van der Waals surface area contributed by atoms with Crippen LogP contribution < -0.4 is 10.2 Å². The van der Waals surface area contributed by atoms with E-state index in [4.69, 9.17) is 4.98 Å². The lowest BCUT2D eigenvalue weighted by molar-refractivity contribution is -0.120. The first-order chi connectivity index (χ1) is 11.7. The summed E-state index contributed by atoms with van der Waals surface area (Å²) >= 11 is 0. The van der Waals surface area contributed by atoms with Crippen LogP contribution in [-0.4, -0.2) is 24.5 Å². The third-order valence-electron chi connectivity index (χ3n) is 4.92. The van der Waals surface area contributed by atoms with Crippen LogP contribution >= 0.6 is 0 Å². The highest BCUT2D eigenvalue weighted by Crippen LogP contribution is 2.37. The van der Waals surface area contributed by atoms with Crippen molar-refractivity contribution in [1.82, 2.24) is 4.98 Å². The second kappa shape index (κ2) is 7.20. The van der Waals surface area contributed by atoms with E-state index in [1.165, 1.54) is 5.56 Å². The molecule has 1 aromatic carbocycles. The summed E-state index contributed by atoms with van der Waals surface area (Å²) in [4.78, 5) is 19.8. The monoisotopic (exact) mass is 325 g/mol. The quantitative estimate of drug-likeness (QED) is 0.857. The number of hydrogen-bond donors (Lipinski definition) is 1. The molecule has 1 amide bonds. The highest BCUT2D eigenvalue weighted by molar-refractivity contribution is 6.04. The van der Waals surface area contributed by atoms with Crippen LogP contribution in [0, 0.1) is 5.92 Å². The number of pyridine rings is 1. The fraction of sp³-hybridized carbons (Fsp3) is 0.500. The van der Waals surface area contributed by atoms with Crippen molar-refractivity contribution in [2.45, 2.75) is 46.0 Å². The van der Waals surface area contributed by atoms with E-state index in [9.17, 15) is 4.79 Å². The molecule has 0 bridgehead atoms. The molecule has 0 saturated heterocycles. The number of rotatable bonds is 6. The second-order valence-corrected chi connectivity index (χ2v) is 6.74. The summed E-state index contributed by atoms with van der Waals surface area (Å²) < 4.78 is 0. The molecule has 0 spiro atoms. The number of carbonyl (C=O) groups excluding carboxylic acids is 1. The Balaban J connectivity index is 2.01. The zero-order chi connectivity index (χ0) is 17.1. The van der Waals surface area contributed by atoms with Gasteiger partial charge >= 0.3 is 0 Å². The smallest absolute Gasteiger partial charge is 0.227 e. The van der Waals surface area contributed by atoms with Crippen LogP contribution in [0.15, 0.2) is 24.3 Å². The van der Waals surface area contributed by atoms with Gasteiger partial charge in [-0.1, -0.05) is 44.9 Å². The first-order valence-corrected chi connectivity index (χ1v) is 9.09. The molecule has 0 unspecified atom stereocenters. The topological polar surface area (TPSA) is 45.2 Å². The molecule has 2 aromatic rings. The number of anilines is 2. The van der Waals surface area contributed by atoms with Gasteiger partial charge in [-0.3, -0.25) is 4.79 Å². The third-order valence-corrected chi connectivity index (χ3v) is 4.92. The minimum Gasteiger partial charge on any atom is -0.359 e. The standard InChI is InChI=1S/C20H27N3O/c1-4-8-14(9-5-2)20(24)22-18-15-10-6-7-11-17(15)21-19-16(18)12-13-23(19)3/h6-7,10-11,14H,4-5,8-9,12-13H2,1-3H3,(H,21,22,24). The Morgan fingerprint density at radius 2 is 1.96 bits per heavy atom. The molecule has 4 nitrogen and oxygen atoms in total. The molecule has 0 saturated carbocycles. The molecule has 1 N–H and O–H groups in total. The largest absolute Gasteiger partial charge is 0.359 e. The number of amides is 1. The molecule has 24 heavy (non-hydrogen) atoms. The Morgan fingerprint density at radius 3 is 2.67 bits per heavy atom. The lowest BCUT2D eigenvalue weighted by Crippen LogP contribution is -2.23. The maximum Gasteiger partial charge on any atom is 0.227 e. The summed E-state index contributed by atoms with van der Waals surface area (Å²) in [6, 6.07) is 8.09. The predicted octanol–water partition coefficient (Wildman–Crippen LogP) is 4.38. The maximum absolute atomic E-state index is 12.9. The van der Waals surface area contributed by atoms with Gasteiger partial charge in [-0.2, -0.15) is 0 Å². The molecule has 0 aliphatic carbocycles. The average Bonchev–Trinajstić information content (AvgIpc) is 2.95. The predicted molar refractivity (Wildman–Crippen MR) is 101 cm³/mol. The number of fused-ring (bicyclic) bond motifs is 2. The minimum absolute atomic E-state index is 0.0988. The zero-order valence-electron chi connectivity index (χ0n) is 14.9. The number of nitrogens with one attached hydrogen (secondary N) is 1. The molecule has 0 atom stereocenters. The maximum atomic E-state index is 12.9. The van der Waals surface area contributed by atoms with Crippen LogP contribution in [0.2, 0.25) is 0 Å². The van der Waals surface area contributed by atoms with E-state index >= 15 is 0 Å². The Kier molecular flexibility index (Phi) is 5.03. The highest BCUT2D eigenvalue weighted by Gasteiger charge is 2.25. The lowest BCUT2D eigenvalue weighted by Gasteiger charge is -2.19. The highest BCUT2D eigenvalue weighted by atomic mass is 16.1. The van der Waals surface area contributed by atoms with Gasteiger partial charge in [0.05, 0.1) is 11.2 Å². The lowest BCUT2D eigenvalue weighted by atomic mass is 9.96. The molecule has 0 fully saturated rings. The molecule has 4 heteroatoms. The van der Waals surface area contributed by atoms with Gasteiger partial charge in [-0.25, -0.2) is 4.98 Å². The number of aromatic nitrogens is 1. The molecular weight excluding hydrogens is 298 g/mol. The van der Waals surface area contributed by atoms with Crippen LogP contribution in [0.3, 0.4) is 0 Å². The van der Waals surface area contributed by atoms with E-state index in [0.29, 0.717) is 0 Å². The molecule has 0 radical (unpaired) electrons. The van der Waals surface area contributed by atoms with E-state index in [1.54, 1.807) is 0 Å². The van der Waals surface area contributed by atoms with Gasteiger partial charge < -0.3 is 10.2 Å². The number of nitrogens with zero attached hydrogens (tertiary/aromatic N) is 2. The average molecular weight is 325 g/mol. The van der Waals surface area contributed by atoms with E-state index < -0.39 is 0 Å². The molecule has 1 aliphatic rings. The summed E-state index contributed by atoms with van der Waals surface area (Å²) in [5.41, 5.74) is 3.10. The van der Waals surface area contributed by atoms with Crippen molar-refractivity contribution >= 4 is 28.3 Å². The summed E-state index contributed by atoms with van der Waals surface area (Å²) in [6.45, 7) is 5.24. The summed E-state index contributed by atoms with van der Waals surface area (Å²) in [5.74, 6) is 1.26. The molecule has 128 valence electrons. The van der Waals surface area contributed by atoms with Crippen molar-refractivity contribution in [2.75, 3.05) is 23.8 Å². The van der Waals surface area contributed by atoms with Gasteiger partial charge in [0.15, 0.2) is 0 Å². The van der Waals surface area contributed by atoms with Crippen molar-refractivity contribution < 1.29 is 4.79 Å². The Morgan fingerprint density at radius 1 is 1.25 bits per heavy atom. The van der Waals surface area contributed by atoms with Crippen LogP contribution in [0.25, 0.3) is 10.9 Å². The van der Waals surface area contributed by atoms with Crippen LogP contribution in [0.4, 0.5) is 11.5 Å². The van der Waals surface area contributed by atoms with Crippen LogP contribution in [-0.2, 0) is 11.2 Å². The number of hydrogen-bond acceptors (Lipinski definition) is 3. The van der Waals surface area contributed by atoms with Gasteiger partial charge in [0.2, 0.25) is 5.91 Å². The molecule has 1 aromatic heterocycles. The normalized spacial score (nSPS) is 13.6. The first-order valence-electron chi connectivity index (χ1n) is 9.09. The number of para-hydroxylation sites is 1. The van der Waals surface area contributed by atoms with Gasteiger partial charge in [-0.05, 0) is 25.3 Å². The summed E-state index contributed by atoms with van der Waals surface area (Å²) in [6.07, 6.45) is 4.91. The molecular formula is C20H27N3O. The van der Waals surface area contributed by atoms with Gasteiger partial charge in [0.1, 0.15) is 5.82 Å². The van der Waals surface area contributed by atoms with Crippen molar-refractivity contribution in [3.05, 3.63) is 29.8 Å². The van der Waals surface area contributed by atoms with E-state index in [0.717, 1.165) is 61.1 Å². The Bertz CT molecular complexity index is 735. The van der Waals surface area contributed by atoms with Gasteiger partial charge in [-0.15, -0.1) is 0 Å². The number of benzene rings is 1. The van der Waals surface area contributed by atoms with E-state index in [1.807, 2.05) is 18.2 Å². The van der Waals surface area contributed by atoms with Crippen LogP contribution in [0.1, 0.15) is 45.1 Å². The van der Waals surface area contributed by atoms with Gasteiger partial charge in [0.25, 0.3) is 0 Å². The summed E-state index contributed by atoms with van der Waals surface area (Å²) in [7, 11) is 2.07. The minimum atomic E-state index is 0.0988. The molecule has 1 aliphatic heterocycles.